The van der Waals surface area contributed by atoms with Gasteiger partial charge in [0, 0.05) is 13.2 Å². The summed E-state index contributed by atoms with van der Waals surface area (Å²) in [7, 11) is 0. The minimum Gasteiger partial charge on any atom is -0.481 e. The topological polar surface area (TPSA) is 46.5 Å². The van der Waals surface area contributed by atoms with Crippen LogP contribution in [-0.2, 0) is 9.53 Å². The molecule has 3 heteroatoms. The summed E-state index contributed by atoms with van der Waals surface area (Å²) in [5.41, 5.74) is -0.599. The van der Waals surface area contributed by atoms with Gasteiger partial charge in [-0.15, -0.1) is 0 Å². The molecule has 0 aliphatic heterocycles. The van der Waals surface area contributed by atoms with Crippen LogP contribution in [0.1, 0.15) is 53.4 Å². The molecule has 0 aliphatic rings. The van der Waals surface area contributed by atoms with Crippen LogP contribution in [0, 0.1) is 11.3 Å². The summed E-state index contributed by atoms with van der Waals surface area (Å²) in [6, 6.07) is 0. The van der Waals surface area contributed by atoms with Gasteiger partial charge in [-0.2, -0.15) is 0 Å². The van der Waals surface area contributed by atoms with E-state index in [1.807, 2.05) is 0 Å². The second kappa shape index (κ2) is 7.66. The second-order valence-electron chi connectivity index (χ2n) is 5.44. The SMILES string of the molecule is CC(C)CCOCCCCC(C)(C)C(=O)O. The normalized spacial score (nSPS) is 12.1. The maximum absolute atomic E-state index is 10.8. The molecule has 0 aromatic rings. The van der Waals surface area contributed by atoms with Crippen LogP contribution < -0.4 is 0 Å². The molecule has 0 spiro atoms. The van der Waals surface area contributed by atoms with Crippen molar-refractivity contribution in [2.24, 2.45) is 11.3 Å². The van der Waals surface area contributed by atoms with E-state index in [9.17, 15) is 4.79 Å². The fourth-order valence-electron chi connectivity index (χ4n) is 1.30. The number of aliphatic carboxylic acids is 1. The predicted octanol–water partition coefficient (Wildman–Crippen LogP) is 3.33. The summed E-state index contributed by atoms with van der Waals surface area (Å²) in [5, 5.41) is 8.91. The highest BCUT2D eigenvalue weighted by atomic mass is 16.5. The Labute approximate surface area is 99.2 Å². The van der Waals surface area contributed by atoms with Crippen molar-refractivity contribution in [1.82, 2.24) is 0 Å². The van der Waals surface area contributed by atoms with Gasteiger partial charge < -0.3 is 9.84 Å². The first-order chi connectivity index (χ1) is 7.36. The minimum atomic E-state index is -0.715. The van der Waals surface area contributed by atoms with Crippen LogP contribution >= 0.6 is 0 Å². The number of hydrogen-bond acceptors (Lipinski definition) is 2. The van der Waals surface area contributed by atoms with Crippen molar-refractivity contribution in [3.63, 3.8) is 0 Å². The molecule has 0 amide bonds. The third kappa shape index (κ3) is 7.69. The lowest BCUT2D eigenvalue weighted by molar-refractivity contribution is -0.147. The molecule has 1 N–H and O–H groups in total. The second-order valence-corrected chi connectivity index (χ2v) is 5.44. The first-order valence-corrected chi connectivity index (χ1v) is 6.17. The van der Waals surface area contributed by atoms with E-state index in [1.54, 1.807) is 13.8 Å². The molecule has 0 radical (unpaired) electrons. The Morgan fingerprint density at radius 1 is 1.25 bits per heavy atom. The van der Waals surface area contributed by atoms with Crippen LogP contribution in [0.15, 0.2) is 0 Å². The number of ether oxygens (including phenoxy) is 1. The van der Waals surface area contributed by atoms with Gasteiger partial charge in [0.15, 0.2) is 0 Å². The van der Waals surface area contributed by atoms with Gasteiger partial charge in [0.1, 0.15) is 0 Å². The Morgan fingerprint density at radius 3 is 2.38 bits per heavy atom. The average Bonchev–Trinajstić information content (AvgIpc) is 2.15. The largest absolute Gasteiger partial charge is 0.481 e. The summed E-state index contributed by atoms with van der Waals surface area (Å²) in [5.74, 6) is -0.0285. The molecule has 0 fully saturated rings. The Hall–Kier alpha value is -0.570. The van der Waals surface area contributed by atoms with Gasteiger partial charge in [-0.05, 0) is 39.0 Å². The van der Waals surface area contributed by atoms with E-state index in [2.05, 4.69) is 13.8 Å². The smallest absolute Gasteiger partial charge is 0.309 e. The third-order valence-electron chi connectivity index (χ3n) is 2.76. The first-order valence-electron chi connectivity index (χ1n) is 6.17. The highest BCUT2D eigenvalue weighted by Gasteiger charge is 2.25. The van der Waals surface area contributed by atoms with Gasteiger partial charge in [-0.3, -0.25) is 4.79 Å². The lowest BCUT2D eigenvalue weighted by Crippen LogP contribution is -2.23. The van der Waals surface area contributed by atoms with Gasteiger partial charge in [-0.1, -0.05) is 20.3 Å². The van der Waals surface area contributed by atoms with Crippen molar-refractivity contribution >= 4 is 5.97 Å². The van der Waals surface area contributed by atoms with E-state index in [0.29, 0.717) is 5.92 Å². The summed E-state index contributed by atoms with van der Waals surface area (Å²) in [4.78, 5) is 10.8. The predicted molar refractivity (Wildman–Crippen MR) is 65.5 cm³/mol. The molecule has 0 heterocycles. The van der Waals surface area contributed by atoms with E-state index in [1.165, 1.54) is 0 Å². The summed E-state index contributed by atoms with van der Waals surface area (Å²) in [6.45, 7) is 9.48. The summed E-state index contributed by atoms with van der Waals surface area (Å²) in [6.07, 6.45) is 3.69. The van der Waals surface area contributed by atoms with Gasteiger partial charge in [0.25, 0.3) is 0 Å². The molecule has 0 saturated heterocycles. The van der Waals surface area contributed by atoms with E-state index in [0.717, 1.165) is 38.9 Å². The minimum absolute atomic E-state index is 0.599. The van der Waals surface area contributed by atoms with Crippen molar-refractivity contribution in [2.75, 3.05) is 13.2 Å². The van der Waals surface area contributed by atoms with Gasteiger partial charge >= 0.3 is 5.97 Å². The van der Waals surface area contributed by atoms with Crippen LogP contribution in [-0.4, -0.2) is 24.3 Å². The molecule has 0 aromatic carbocycles. The highest BCUT2D eigenvalue weighted by molar-refractivity contribution is 5.73. The van der Waals surface area contributed by atoms with Gasteiger partial charge in [0.2, 0.25) is 0 Å². The van der Waals surface area contributed by atoms with Crippen LogP contribution in [0.2, 0.25) is 0 Å². The van der Waals surface area contributed by atoms with Gasteiger partial charge in [-0.25, -0.2) is 0 Å². The van der Waals surface area contributed by atoms with E-state index in [4.69, 9.17) is 9.84 Å². The van der Waals surface area contributed by atoms with Gasteiger partial charge in [0.05, 0.1) is 5.41 Å². The van der Waals surface area contributed by atoms with Crippen LogP contribution in [0.3, 0.4) is 0 Å². The Morgan fingerprint density at radius 2 is 1.88 bits per heavy atom. The molecule has 0 saturated carbocycles. The number of carbonyl (C=O) groups is 1. The Kier molecular flexibility index (Phi) is 7.39. The van der Waals surface area contributed by atoms with Crippen molar-refractivity contribution < 1.29 is 14.6 Å². The van der Waals surface area contributed by atoms with E-state index < -0.39 is 11.4 Å². The molecule has 0 unspecified atom stereocenters. The molecular formula is C13H26O3. The number of rotatable bonds is 9. The van der Waals surface area contributed by atoms with Crippen molar-refractivity contribution in [3.05, 3.63) is 0 Å². The molecule has 0 bridgehead atoms. The fraction of sp³-hybridized carbons (Fsp3) is 0.923. The van der Waals surface area contributed by atoms with Crippen molar-refractivity contribution in [3.8, 4) is 0 Å². The highest BCUT2D eigenvalue weighted by Crippen LogP contribution is 2.23. The average molecular weight is 230 g/mol. The quantitative estimate of drug-likeness (QED) is 0.618. The third-order valence-corrected chi connectivity index (χ3v) is 2.76. The molecule has 96 valence electrons. The maximum Gasteiger partial charge on any atom is 0.309 e. The number of carboxylic acid groups (broad SMARTS) is 1. The molecule has 16 heavy (non-hydrogen) atoms. The summed E-state index contributed by atoms with van der Waals surface area (Å²) >= 11 is 0. The maximum atomic E-state index is 10.8. The zero-order valence-corrected chi connectivity index (χ0v) is 11.1. The number of unbranched alkanes of at least 4 members (excludes halogenated alkanes) is 1. The molecule has 3 nitrogen and oxygen atoms in total. The van der Waals surface area contributed by atoms with E-state index in [-0.39, 0.29) is 0 Å². The zero-order valence-electron chi connectivity index (χ0n) is 11.1. The van der Waals surface area contributed by atoms with Crippen molar-refractivity contribution in [1.29, 1.82) is 0 Å². The van der Waals surface area contributed by atoms with Crippen LogP contribution in [0.25, 0.3) is 0 Å². The zero-order chi connectivity index (χ0) is 12.6. The van der Waals surface area contributed by atoms with Crippen LogP contribution in [0.4, 0.5) is 0 Å². The number of carboxylic acids is 1. The molecule has 0 aromatic heterocycles. The fourth-order valence-corrected chi connectivity index (χ4v) is 1.30. The molecule has 0 aliphatic carbocycles. The standard InChI is InChI=1S/C13H26O3/c1-11(2)7-10-16-9-6-5-8-13(3,4)12(14)15/h11H,5-10H2,1-4H3,(H,14,15). The molecular weight excluding hydrogens is 204 g/mol. The summed E-state index contributed by atoms with van der Waals surface area (Å²) < 4.78 is 5.47. The molecule has 0 rings (SSSR count). The Bertz CT molecular complexity index is 197. The first kappa shape index (κ1) is 15.4. The van der Waals surface area contributed by atoms with Crippen molar-refractivity contribution in [2.45, 2.75) is 53.4 Å². The Balaban J connectivity index is 3.37. The lowest BCUT2D eigenvalue weighted by atomic mass is 9.87. The van der Waals surface area contributed by atoms with Crippen LogP contribution in [0.5, 0.6) is 0 Å². The molecule has 0 atom stereocenters. The lowest BCUT2D eigenvalue weighted by Gasteiger charge is -2.18. The monoisotopic (exact) mass is 230 g/mol. The number of hydrogen-bond donors (Lipinski definition) is 1. The van der Waals surface area contributed by atoms with E-state index >= 15 is 0 Å².